The normalized spacial score (nSPS) is 28.1. The van der Waals surface area contributed by atoms with Gasteiger partial charge in [0.05, 0.1) is 16.7 Å². The van der Waals surface area contributed by atoms with Crippen LogP contribution in [0.5, 0.6) is 5.75 Å². The molecule has 2 aliphatic heterocycles. The quantitative estimate of drug-likeness (QED) is 0.217. The van der Waals surface area contributed by atoms with Crippen LogP contribution in [0, 0.1) is 16.0 Å². The molecule has 0 spiro atoms. The summed E-state index contributed by atoms with van der Waals surface area (Å²) in [6.07, 6.45) is 6.43. The third kappa shape index (κ3) is 8.44. The smallest absolute Gasteiger partial charge is 0.408 e. The Bertz CT molecular complexity index is 1570. The van der Waals surface area contributed by atoms with Gasteiger partial charge in [-0.15, -0.1) is 0 Å². The molecule has 15 nitrogen and oxygen atoms in total. The van der Waals surface area contributed by atoms with Crippen molar-refractivity contribution in [3.63, 3.8) is 0 Å². The average molecular weight is 690 g/mol. The number of hydrogen-bond acceptors (Lipinski definition) is 10. The van der Waals surface area contributed by atoms with Gasteiger partial charge in [-0.05, 0) is 71.4 Å². The highest BCUT2D eigenvalue weighted by atomic mass is 32.2. The van der Waals surface area contributed by atoms with Crippen molar-refractivity contribution in [1.82, 2.24) is 20.3 Å². The van der Waals surface area contributed by atoms with Crippen LogP contribution in [-0.4, -0.2) is 83.2 Å². The van der Waals surface area contributed by atoms with Gasteiger partial charge in [0.25, 0.3) is 11.6 Å². The number of benzene rings is 1. The first-order valence-electron chi connectivity index (χ1n) is 16.3. The monoisotopic (exact) mass is 689 g/mol. The molecule has 1 aromatic carbocycles. The number of sulfonamides is 1. The molecule has 262 valence electrons. The first-order valence-corrected chi connectivity index (χ1v) is 17.9. The van der Waals surface area contributed by atoms with Gasteiger partial charge in [0, 0.05) is 24.5 Å². The van der Waals surface area contributed by atoms with Crippen LogP contribution in [0.4, 0.5) is 10.5 Å². The molecule has 4 amide bonds. The van der Waals surface area contributed by atoms with E-state index >= 15 is 0 Å². The third-order valence-electron chi connectivity index (χ3n) is 8.88. The molecular formula is C32H43N5O10S. The van der Waals surface area contributed by atoms with Gasteiger partial charge in [0.2, 0.25) is 21.8 Å². The fourth-order valence-corrected chi connectivity index (χ4v) is 7.50. The Morgan fingerprint density at radius 3 is 2.44 bits per heavy atom. The lowest BCUT2D eigenvalue weighted by atomic mass is 10.0. The number of fused-ring (bicyclic) bond motifs is 2. The molecule has 0 bridgehead atoms. The second-order valence-electron chi connectivity index (χ2n) is 13.9. The highest BCUT2D eigenvalue weighted by molar-refractivity contribution is 7.91. The van der Waals surface area contributed by atoms with Crippen LogP contribution in [0.3, 0.4) is 0 Å². The summed E-state index contributed by atoms with van der Waals surface area (Å²) in [6.45, 7) is 5.05. The van der Waals surface area contributed by atoms with Crippen molar-refractivity contribution in [2.24, 2.45) is 5.92 Å². The third-order valence-corrected chi connectivity index (χ3v) is 10.7. The maximum atomic E-state index is 14.2. The van der Waals surface area contributed by atoms with E-state index in [2.05, 4.69) is 15.4 Å². The Balaban J connectivity index is 1.42. The van der Waals surface area contributed by atoms with Gasteiger partial charge in [-0.2, -0.15) is 0 Å². The second kappa shape index (κ2) is 13.7. The molecule has 0 radical (unpaired) electrons. The van der Waals surface area contributed by atoms with Gasteiger partial charge in [0.15, 0.2) is 0 Å². The van der Waals surface area contributed by atoms with Crippen LogP contribution >= 0.6 is 0 Å². The number of hydrogen-bond donors (Lipinski definition) is 3. The zero-order valence-electron chi connectivity index (χ0n) is 27.3. The molecule has 0 aromatic heterocycles. The number of nitrogens with one attached hydrogen (secondary N) is 3. The molecule has 2 heterocycles. The Hall–Kier alpha value is -4.21. The van der Waals surface area contributed by atoms with E-state index in [1.165, 1.54) is 29.2 Å². The van der Waals surface area contributed by atoms with E-state index in [4.69, 9.17) is 9.47 Å². The van der Waals surface area contributed by atoms with Gasteiger partial charge in [0.1, 0.15) is 35.1 Å². The summed E-state index contributed by atoms with van der Waals surface area (Å²) in [5.74, 6) is -2.18. The zero-order chi connectivity index (χ0) is 34.9. The Kier molecular flexibility index (Phi) is 10.0. The summed E-state index contributed by atoms with van der Waals surface area (Å²) >= 11 is 0. The Morgan fingerprint density at radius 2 is 1.79 bits per heavy atom. The minimum atomic E-state index is -3.89. The molecular weight excluding hydrogens is 646 g/mol. The predicted molar refractivity (Wildman–Crippen MR) is 172 cm³/mol. The number of nitro benzene ring substituents is 1. The molecule has 0 unspecified atom stereocenters. The van der Waals surface area contributed by atoms with Gasteiger partial charge < -0.3 is 25.0 Å². The molecule has 16 heteroatoms. The SMILES string of the molecule is CC(C)(C)OC(=O)N[C@H]1CCCCCC=C[C@@H]2C[C@@]2(C(=O)NS(=O)(=O)C2CC2)NC(=O)[C@@H]2C[C@@H](Oc3ccc([N+](=O)[O-])cc3)CN2C1=O. The van der Waals surface area contributed by atoms with Crippen LogP contribution < -0.4 is 20.1 Å². The fraction of sp³-hybridized carbons (Fsp3) is 0.625. The van der Waals surface area contributed by atoms with E-state index in [-0.39, 0.29) is 37.2 Å². The summed E-state index contributed by atoms with van der Waals surface area (Å²) in [4.78, 5) is 66.4. The number of amides is 4. The van der Waals surface area contributed by atoms with Crippen LogP contribution in [0.1, 0.15) is 78.6 Å². The number of non-ortho nitro benzene ring substituents is 1. The summed E-state index contributed by atoms with van der Waals surface area (Å²) < 4.78 is 39.0. The number of carbonyl (C=O) groups is 4. The fourth-order valence-electron chi connectivity index (χ4n) is 6.14. The maximum absolute atomic E-state index is 14.2. The number of alkyl carbamates (subject to hydrolysis) is 1. The molecule has 3 fully saturated rings. The lowest BCUT2D eigenvalue weighted by Crippen LogP contribution is -2.58. The van der Waals surface area contributed by atoms with E-state index in [0.717, 1.165) is 12.8 Å². The molecule has 48 heavy (non-hydrogen) atoms. The molecule has 2 aliphatic carbocycles. The number of nitrogens with zero attached hydrogens (tertiary/aromatic N) is 2. The summed E-state index contributed by atoms with van der Waals surface area (Å²) in [7, 11) is -3.89. The van der Waals surface area contributed by atoms with Crippen molar-refractivity contribution < 1.29 is 42.0 Å². The highest BCUT2D eigenvalue weighted by Crippen LogP contribution is 2.46. The highest BCUT2D eigenvalue weighted by Gasteiger charge is 2.62. The van der Waals surface area contributed by atoms with E-state index < -0.39 is 79.3 Å². The topological polar surface area (TPSA) is 203 Å². The lowest BCUT2D eigenvalue weighted by Gasteiger charge is -2.30. The first-order chi connectivity index (χ1) is 22.6. The van der Waals surface area contributed by atoms with Gasteiger partial charge >= 0.3 is 6.09 Å². The van der Waals surface area contributed by atoms with Crippen molar-refractivity contribution >= 4 is 39.5 Å². The standard InChI is InChI=1S/C32H43N5O10S/c1-31(2,3)47-30(41)33-25-10-8-6-4-5-7-9-20-18-32(20,29(40)35-48(44,45)24-15-16-24)34-27(38)26-17-23(19-36(26)28(25)39)46-22-13-11-21(12-14-22)37(42)43/h7,9,11-14,20,23-26H,4-6,8,10,15-19H2,1-3H3,(H,33,41)(H,34,38)(H,35,40)/t20-,23-,25+,26+,32-/m1/s1. The van der Waals surface area contributed by atoms with E-state index in [9.17, 15) is 37.7 Å². The molecule has 2 saturated carbocycles. The van der Waals surface area contributed by atoms with Crippen LogP contribution in [0.15, 0.2) is 36.4 Å². The maximum Gasteiger partial charge on any atom is 0.408 e. The summed E-state index contributed by atoms with van der Waals surface area (Å²) in [5, 5.41) is 15.9. The molecule has 3 N–H and O–H groups in total. The Morgan fingerprint density at radius 1 is 1.08 bits per heavy atom. The second-order valence-corrected chi connectivity index (χ2v) is 15.9. The average Bonchev–Trinajstić information content (AvgIpc) is 3.92. The largest absolute Gasteiger partial charge is 0.488 e. The molecule has 4 aliphatic rings. The molecule has 5 rings (SSSR count). The van der Waals surface area contributed by atoms with Gasteiger partial charge in [-0.25, -0.2) is 13.2 Å². The van der Waals surface area contributed by atoms with Crippen molar-refractivity contribution in [2.75, 3.05) is 6.54 Å². The number of carbonyl (C=O) groups excluding carboxylic acids is 4. The van der Waals surface area contributed by atoms with Crippen molar-refractivity contribution in [1.29, 1.82) is 0 Å². The van der Waals surface area contributed by atoms with Crippen molar-refractivity contribution in [3.05, 3.63) is 46.5 Å². The number of rotatable bonds is 7. The van der Waals surface area contributed by atoms with Crippen LogP contribution in [0.25, 0.3) is 0 Å². The zero-order valence-corrected chi connectivity index (χ0v) is 28.1. The first kappa shape index (κ1) is 35.1. The van der Waals surface area contributed by atoms with Crippen LogP contribution in [-0.2, 0) is 29.1 Å². The predicted octanol–water partition coefficient (Wildman–Crippen LogP) is 2.84. The lowest BCUT2D eigenvalue weighted by molar-refractivity contribution is -0.384. The molecule has 5 atom stereocenters. The van der Waals surface area contributed by atoms with Crippen molar-refractivity contribution in [2.45, 2.75) is 113 Å². The van der Waals surface area contributed by atoms with Gasteiger partial charge in [-0.1, -0.05) is 25.0 Å². The minimum absolute atomic E-state index is 0.00625. The molecule has 1 saturated heterocycles. The number of allylic oxidation sites excluding steroid dienone is 1. The molecule has 1 aromatic rings. The summed E-state index contributed by atoms with van der Waals surface area (Å²) in [6, 6.07) is 3.24. The van der Waals surface area contributed by atoms with Crippen molar-refractivity contribution in [3.8, 4) is 5.75 Å². The van der Waals surface area contributed by atoms with E-state index in [1.54, 1.807) is 20.8 Å². The summed E-state index contributed by atoms with van der Waals surface area (Å²) in [5.41, 5.74) is -2.47. The van der Waals surface area contributed by atoms with E-state index in [1.807, 2.05) is 12.2 Å². The Labute approximate surface area is 279 Å². The number of ether oxygens (including phenoxy) is 2. The number of nitro groups is 1. The van der Waals surface area contributed by atoms with Gasteiger partial charge in [-0.3, -0.25) is 29.2 Å². The minimum Gasteiger partial charge on any atom is -0.488 e. The van der Waals surface area contributed by atoms with E-state index in [0.29, 0.717) is 25.7 Å². The van der Waals surface area contributed by atoms with Crippen LogP contribution in [0.2, 0.25) is 0 Å².